The van der Waals surface area contributed by atoms with Crippen LogP contribution in [0.3, 0.4) is 0 Å². The van der Waals surface area contributed by atoms with Gasteiger partial charge in [-0.1, -0.05) is 46.3 Å². The van der Waals surface area contributed by atoms with E-state index in [1.807, 2.05) is 30.3 Å². The highest BCUT2D eigenvalue weighted by Crippen LogP contribution is 2.33. The number of hydrogen-bond donors (Lipinski definition) is 0. The molecule has 1 aliphatic heterocycles. The van der Waals surface area contributed by atoms with Crippen molar-refractivity contribution in [3.05, 3.63) is 75.1 Å². The van der Waals surface area contributed by atoms with Crippen molar-refractivity contribution < 1.29 is 14.4 Å². The van der Waals surface area contributed by atoms with Crippen LogP contribution in [0.5, 0.6) is 0 Å². The van der Waals surface area contributed by atoms with Crippen molar-refractivity contribution in [2.45, 2.75) is 0 Å². The predicted molar refractivity (Wildman–Crippen MR) is 92.7 cm³/mol. The van der Waals surface area contributed by atoms with Gasteiger partial charge in [0.05, 0.1) is 4.91 Å². The Balaban J connectivity index is 1.88. The SMILES string of the molecule is O=C1SC(=Cc2ccccc2)C(=O)N1C(=O)c1ccc(Br)cc1. The summed E-state index contributed by atoms with van der Waals surface area (Å²) in [6.07, 6.45) is 1.61. The van der Waals surface area contributed by atoms with Crippen molar-refractivity contribution in [1.82, 2.24) is 4.90 Å². The smallest absolute Gasteiger partial charge is 0.268 e. The molecule has 6 heteroatoms. The van der Waals surface area contributed by atoms with Crippen molar-refractivity contribution >= 4 is 50.8 Å². The molecule has 1 saturated heterocycles. The molecule has 114 valence electrons. The summed E-state index contributed by atoms with van der Waals surface area (Å²) < 4.78 is 0.812. The van der Waals surface area contributed by atoms with Crippen LogP contribution in [0.2, 0.25) is 0 Å². The van der Waals surface area contributed by atoms with Gasteiger partial charge >= 0.3 is 5.24 Å². The number of imide groups is 3. The van der Waals surface area contributed by atoms with E-state index in [1.54, 1.807) is 30.3 Å². The Bertz CT molecular complexity index is 815. The van der Waals surface area contributed by atoms with E-state index in [4.69, 9.17) is 0 Å². The molecule has 3 amide bonds. The second kappa shape index (κ2) is 6.52. The highest BCUT2D eigenvalue weighted by Gasteiger charge is 2.40. The summed E-state index contributed by atoms with van der Waals surface area (Å²) in [5.41, 5.74) is 1.09. The first-order valence-corrected chi connectivity index (χ1v) is 8.30. The van der Waals surface area contributed by atoms with Crippen LogP contribution in [0.25, 0.3) is 6.08 Å². The molecule has 1 fully saturated rings. The Morgan fingerprint density at radius 1 is 1.00 bits per heavy atom. The van der Waals surface area contributed by atoms with Crippen molar-refractivity contribution in [2.75, 3.05) is 0 Å². The van der Waals surface area contributed by atoms with Crippen LogP contribution in [0, 0.1) is 0 Å². The molecule has 0 bridgehead atoms. The van der Waals surface area contributed by atoms with Gasteiger partial charge in [0.2, 0.25) is 0 Å². The normalized spacial score (nSPS) is 16.2. The molecule has 0 unspecified atom stereocenters. The molecule has 0 radical (unpaired) electrons. The number of carbonyl (C=O) groups is 3. The number of amides is 3. The number of rotatable bonds is 2. The maximum absolute atomic E-state index is 12.4. The van der Waals surface area contributed by atoms with Gasteiger partial charge in [0.25, 0.3) is 11.8 Å². The highest BCUT2D eigenvalue weighted by atomic mass is 79.9. The second-order valence-corrected chi connectivity index (χ2v) is 6.65. The predicted octanol–water partition coefficient (Wildman–Crippen LogP) is 4.33. The number of benzene rings is 2. The van der Waals surface area contributed by atoms with Gasteiger partial charge in [-0.15, -0.1) is 0 Å². The number of thioether (sulfide) groups is 1. The van der Waals surface area contributed by atoms with Crippen LogP contribution in [0.4, 0.5) is 4.79 Å². The van der Waals surface area contributed by atoms with Crippen LogP contribution in [-0.4, -0.2) is 22.0 Å². The fourth-order valence-electron chi connectivity index (χ4n) is 2.07. The fourth-order valence-corrected chi connectivity index (χ4v) is 3.15. The standard InChI is InChI=1S/C17H10BrNO3S/c18-13-8-6-12(7-9-13)15(20)19-16(21)14(23-17(19)22)10-11-4-2-1-3-5-11/h1-10H. The minimum Gasteiger partial charge on any atom is -0.268 e. The third-order valence-electron chi connectivity index (χ3n) is 3.19. The maximum atomic E-state index is 12.4. The quantitative estimate of drug-likeness (QED) is 0.568. The summed E-state index contributed by atoms with van der Waals surface area (Å²) in [6.45, 7) is 0. The van der Waals surface area contributed by atoms with Crippen LogP contribution in [0.15, 0.2) is 64.0 Å². The van der Waals surface area contributed by atoms with Gasteiger partial charge in [0.1, 0.15) is 0 Å². The molecule has 0 atom stereocenters. The first-order valence-electron chi connectivity index (χ1n) is 6.69. The molecule has 0 N–H and O–H groups in total. The van der Waals surface area contributed by atoms with Gasteiger partial charge in [-0.3, -0.25) is 14.4 Å². The molecule has 2 aromatic rings. The van der Waals surface area contributed by atoms with Crippen molar-refractivity contribution in [3.8, 4) is 0 Å². The molecule has 1 heterocycles. The lowest BCUT2D eigenvalue weighted by Gasteiger charge is -2.10. The first-order chi connectivity index (χ1) is 11.1. The average Bonchev–Trinajstić information content (AvgIpc) is 2.82. The van der Waals surface area contributed by atoms with Gasteiger partial charge in [-0.25, -0.2) is 4.90 Å². The van der Waals surface area contributed by atoms with Crippen LogP contribution in [-0.2, 0) is 4.79 Å². The minimum absolute atomic E-state index is 0.242. The van der Waals surface area contributed by atoms with Gasteiger partial charge in [0, 0.05) is 10.0 Å². The Labute approximate surface area is 145 Å². The molecule has 0 aliphatic carbocycles. The lowest BCUT2D eigenvalue weighted by atomic mass is 10.2. The zero-order chi connectivity index (χ0) is 16.4. The van der Waals surface area contributed by atoms with E-state index in [1.165, 1.54) is 0 Å². The largest absolute Gasteiger partial charge is 0.300 e. The molecular weight excluding hydrogens is 378 g/mol. The molecule has 0 saturated carbocycles. The Kier molecular flexibility index (Phi) is 4.45. The van der Waals surface area contributed by atoms with Gasteiger partial charge in [-0.2, -0.15) is 0 Å². The van der Waals surface area contributed by atoms with Crippen molar-refractivity contribution in [2.24, 2.45) is 0 Å². The van der Waals surface area contributed by atoms with Crippen LogP contribution >= 0.6 is 27.7 Å². The van der Waals surface area contributed by atoms with Crippen LogP contribution in [0.1, 0.15) is 15.9 Å². The van der Waals surface area contributed by atoms with Crippen molar-refractivity contribution in [3.63, 3.8) is 0 Å². The topological polar surface area (TPSA) is 54.5 Å². The number of halogens is 1. The molecule has 4 nitrogen and oxygen atoms in total. The first kappa shape index (κ1) is 15.7. The third kappa shape index (κ3) is 3.28. The molecule has 3 rings (SSSR count). The van der Waals surface area contributed by atoms with E-state index >= 15 is 0 Å². The average molecular weight is 388 g/mol. The summed E-state index contributed by atoms with van der Waals surface area (Å²) in [4.78, 5) is 37.8. The van der Waals surface area contributed by atoms with Gasteiger partial charge < -0.3 is 0 Å². The molecule has 0 aromatic heterocycles. The van der Waals surface area contributed by atoms with Crippen molar-refractivity contribution in [1.29, 1.82) is 0 Å². The van der Waals surface area contributed by atoms with Crippen LogP contribution < -0.4 is 0 Å². The summed E-state index contributed by atoms with van der Waals surface area (Å²) >= 11 is 4.05. The number of hydrogen-bond acceptors (Lipinski definition) is 4. The summed E-state index contributed by atoms with van der Waals surface area (Å²) in [5.74, 6) is -1.20. The zero-order valence-electron chi connectivity index (χ0n) is 11.7. The molecule has 23 heavy (non-hydrogen) atoms. The highest BCUT2D eigenvalue weighted by molar-refractivity contribution is 9.10. The van der Waals surface area contributed by atoms with E-state index in [0.29, 0.717) is 4.90 Å². The second-order valence-electron chi connectivity index (χ2n) is 4.74. The summed E-state index contributed by atoms with van der Waals surface area (Å²) in [5, 5.41) is -0.579. The fraction of sp³-hybridized carbons (Fsp3) is 0. The Hall–Kier alpha value is -2.18. The maximum Gasteiger partial charge on any atom is 0.300 e. The molecule has 2 aromatic carbocycles. The monoisotopic (exact) mass is 387 g/mol. The van der Waals surface area contributed by atoms with E-state index in [-0.39, 0.29) is 10.5 Å². The summed E-state index contributed by atoms with van der Waals surface area (Å²) in [7, 11) is 0. The lowest BCUT2D eigenvalue weighted by molar-refractivity contribution is -0.120. The van der Waals surface area contributed by atoms with Gasteiger partial charge in [-0.05, 0) is 47.7 Å². The Morgan fingerprint density at radius 2 is 1.65 bits per heavy atom. The Morgan fingerprint density at radius 3 is 2.30 bits per heavy atom. The molecule has 1 aliphatic rings. The van der Waals surface area contributed by atoms with E-state index in [2.05, 4.69) is 15.9 Å². The minimum atomic E-state index is -0.614. The number of carbonyl (C=O) groups excluding carboxylic acids is 3. The third-order valence-corrected chi connectivity index (χ3v) is 4.58. The zero-order valence-corrected chi connectivity index (χ0v) is 14.1. The van der Waals surface area contributed by atoms with Gasteiger partial charge in [0.15, 0.2) is 0 Å². The lowest BCUT2D eigenvalue weighted by Crippen LogP contribution is -2.34. The summed E-state index contributed by atoms with van der Waals surface area (Å²) in [6, 6.07) is 15.7. The van der Waals surface area contributed by atoms with E-state index in [0.717, 1.165) is 21.8 Å². The van der Waals surface area contributed by atoms with E-state index < -0.39 is 17.1 Å². The molecule has 0 spiro atoms. The molecular formula is C17H10BrNO3S. The number of nitrogens with zero attached hydrogens (tertiary/aromatic N) is 1. The van der Waals surface area contributed by atoms with E-state index in [9.17, 15) is 14.4 Å².